The molecule has 0 aromatic carbocycles. The van der Waals surface area contributed by atoms with E-state index in [1.165, 1.54) is 0 Å². The second-order valence-electron chi connectivity index (χ2n) is 2.77. The molecule has 0 heterocycles. The van der Waals surface area contributed by atoms with Crippen LogP contribution in [0.15, 0.2) is 0 Å². The minimum atomic E-state index is -0.243. The first-order chi connectivity index (χ1) is 4.16. The average molecular weight is 129 g/mol. The summed E-state index contributed by atoms with van der Waals surface area (Å²) in [5.41, 5.74) is 5.35. The lowest BCUT2D eigenvalue weighted by Crippen LogP contribution is -2.21. The summed E-state index contributed by atoms with van der Waals surface area (Å²) in [4.78, 5) is 9.99. The zero-order valence-electron chi connectivity index (χ0n) is 6.13. The van der Waals surface area contributed by atoms with Crippen molar-refractivity contribution in [2.24, 2.45) is 11.7 Å². The summed E-state index contributed by atoms with van der Waals surface area (Å²) in [6, 6.07) is -0.243. The lowest BCUT2D eigenvalue weighted by atomic mass is 10.1. The van der Waals surface area contributed by atoms with Gasteiger partial charge in [-0.1, -0.05) is 13.8 Å². The van der Waals surface area contributed by atoms with Gasteiger partial charge in [0.2, 0.25) is 0 Å². The summed E-state index contributed by atoms with van der Waals surface area (Å²) in [6.07, 6.45) is 2.67. The van der Waals surface area contributed by atoms with Gasteiger partial charge >= 0.3 is 0 Å². The maximum absolute atomic E-state index is 9.99. The van der Waals surface area contributed by atoms with Crippen molar-refractivity contribution < 1.29 is 4.79 Å². The lowest BCUT2D eigenvalue weighted by molar-refractivity contribution is -0.109. The van der Waals surface area contributed by atoms with Crippen molar-refractivity contribution in [3.63, 3.8) is 0 Å². The normalized spacial score (nSPS) is 13.8. The zero-order chi connectivity index (χ0) is 7.28. The second-order valence-corrected chi connectivity index (χ2v) is 2.77. The molecule has 2 N–H and O–H groups in total. The van der Waals surface area contributed by atoms with Crippen LogP contribution >= 0.6 is 0 Å². The first kappa shape index (κ1) is 8.63. The minimum Gasteiger partial charge on any atom is -0.322 e. The topological polar surface area (TPSA) is 43.1 Å². The predicted molar refractivity (Wildman–Crippen MR) is 38.1 cm³/mol. The number of rotatable bonds is 4. The Morgan fingerprint density at radius 2 is 2.00 bits per heavy atom. The fourth-order valence-electron chi connectivity index (χ4n) is 0.594. The molecule has 9 heavy (non-hydrogen) atoms. The highest BCUT2D eigenvalue weighted by Gasteiger charge is 2.00. The van der Waals surface area contributed by atoms with Crippen molar-refractivity contribution in [1.82, 2.24) is 0 Å². The van der Waals surface area contributed by atoms with Crippen molar-refractivity contribution in [1.29, 1.82) is 0 Å². The van der Waals surface area contributed by atoms with Crippen LogP contribution in [0.25, 0.3) is 0 Å². The third-order valence-corrected chi connectivity index (χ3v) is 1.25. The van der Waals surface area contributed by atoms with Gasteiger partial charge in [0.1, 0.15) is 6.29 Å². The Bertz CT molecular complexity index is 81.0. The summed E-state index contributed by atoms with van der Waals surface area (Å²) >= 11 is 0. The zero-order valence-corrected chi connectivity index (χ0v) is 6.13. The Kier molecular flexibility index (Phi) is 4.32. The molecule has 1 atom stereocenters. The summed E-state index contributed by atoms with van der Waals surface area (Å²) < 4.78 is 0. The molecular formula is C7H15NO. The van der Waals surface area contributed by atoms with Crippen LogP contribution < -0.4 is 5.73 Å². The van der Waals surface area contributed by atoms with E-state index in [0.717, 1.165) is 19.1 Å². The molecule has 2 nitrogen and oxygen atoms in total. The van der Waals surface area contributed by atoms with E-state index in [-0.39, 0.29) is 6.04 Å². The van der Waals surface area contributed by atoms with E-state index in [9.17, 15) is 4.79 Å². The first-order valence-electron chi connectivity index (χ1n) is 3.37. The fourth-order valence-corrected chi connectivity index (χ4v) is 0.594. The van der Waals surface area contributed by atoms with Gasteiger partial charge in [0.15, 0.2) is 0 Å². The molecule has 0 spiro atoms. The SMILES string of the molecule is CC(C)CCC(N)C=O. The predicted octanol–water partition coefficient (Wildman–Crippen LogP) is 0.949. The van der Waals surface area contributed by atoms with Crippen LogP contribution in [0.1, 0.15) is 26.7 Å². The van der Waals surface area contributed by atoms with Crippen LogP contribution in [-0.4, -0.2) is 12.3 Å². The van der Waals surface area contributed by atoms with Crippen molar-refractivity contribution in [3.8, 4) is 0 Å². The van der Waals surface area contributed by atoms with Gasteiger partial charge in [-0.05, 0) is 18.8 Å². The molecule has 1 unspecified atom stereocenters. The van der Waals surface area contributed by atoms with Gasteiger partial charge in [-0.3, -0.25) is 0 Å². The van der Waals surface area contributed by atoms with Crippen LogP contribution in [0.5, 0.6) is 0 Å². The van der Waals surface area contributed by atoms with Gasteiger partial charge in [0.05, 0.1) is 6.04 Å². The molecule has 0 saturated carbocycles. The largest absolute Gasteiger partial charge is 0.322 e. The van der Waals surface area contributed by atoms with Crippen LogP contribution in [0.3, 0.4) is 0 Å². The lowest BCUT2D eigenvalue weighted by Gasteiger charge is -2.04. The molecule has 0 radical (unpaired) electrons. The summed E-state index contributed by atoms with van der Waals surface area (Å²) in [5.74, 6) is 0.649. The van der Waals surface area contributed by atoms with E-state index in [0.29, 0.717) is 5.92 Å². The van der Waals surface area contributed by atoms with Crippen molar-refractivity contribution in [2.75, 3.05) is 0 Å². The summed E-state index contributed by atoms with van der Waals surface area (Å²) in [6.45, 7) is 4.25. The standard InChI is InChI=1S/C7H15NO/c1-6(2)3-4-7(8)5-9/h5-7H,3-4,8H2,1-2H3. The number of carbonyl (C=O) groups is 1. The quantitative estimate of drug-likeness (QED) is 0.574. The highest BCUT2D eigenvalue weighted by molar-refractivity contribution is 5.56. The molecule has 0 aliphatic rings. The third kappa shape index (κ3) is 5.50. The Morgan fingerprint density at radius 3 is 2.33 bits per heavy atom. The maximum atomic E-state index is 9.99. The van der Waals surface area contributed by atoms with Gasteiger partial charge in [0, 0.05) is 0 Å². The maximum Gasteiger partial charge on any atom is 0.136 e. The van der Waals surface area contributed by atoms with Crippen LogP contribution in [-0.2, 0) is 4.79 Å². The molecule has 0 aliphatic carbocycles. The number of aldehydes is 1. The Hall–Kier alpha value is -0.370. The highest BCUT2D eigenvalue weighted by atomic mass is 16.1. The van der Waals surface area contributed by atoms with Gasteiger partial charge in [0.25, 0.3) is 0 Å². The molecule has 0 aromatic rings. The number of hydrogen-bond acceptors (Lipinski definition) is 2. The molecule has 0 rings (SSSR count). The Labute approximate surface area is 56.4 Å². The molecule has 0 fully saturated rings. The number of hydrogen-bond donors (Lipinski definition) is 1. The monoisotopic (exact) mass is 129 g/mol. The molecular weight excluding hydrogens is 114 g/mol. The Morgan fingerprint density at radius 1 is 1.44 bits per heavy atom. The van der Waals surface area contributed by atoms with E-state index >= 15 is 0 Å². The second kappa shape index (κ2) is 4.50. The molecule has 0 aliphatic heterocycles. The van der Waals surface area contributed by atoms with Crippen molar-refractivity contribution in [2.45, 2.75) is 32.7 Å². The van der Waals surface area contributed by atoms with Crippen LogP contribution in [0.4, 0.5) is 0 Å². The van der Waals surface area contributed by atoms with E-state index < -0.39 is 0 Å². The molecule has 54 valence electrons. The van der Waals surface area contributed by atoms with Crippen LogP contribution in [0.2, 0.25) is 0 Å². The van der Waals surface area contributed by atoms with Crippen LogP contribution in [0, 0.1) is 5.92 Å². The van der Waals surface area contributed by atoms with Crippen molar-refractivity contribution >= 4 is 6.29 Å². The van der Waals surface area contributed by atoms with E-state index in [4.69, 9.17) is 5.73 Å². The molecule has 0 aromatic heterocycles. The van der Waals surface area contributed by atoms with E-state index in [1.54, 1.807) is 0 Å². The highest BCUT2D eigenvalue weighted by Crippen LogP contribution is 2.03. The van der Waals surface area contributed by atoms with Gasteiger partial charge < -0.3 is 10.5 Å². The van der Waals surface area contributed by atoms with Gasteiger partial charge in [-0.15, -0.1) is 0 Å². The van der Waals surface area contributed by atoms with Crippen molar-refractivity contribution in [3.05, 3.63) is 0 Å². The molecule has 2 heteroatoms. The van der Waals surface area contributed by atoms with Gasteiger partial charge in [-0.25, -0.2) is 0 Å². The first-order valence-corrected chi connectivity index (χ1v) is 3.37. The third-order valence-electron chi connectivity index (χ3n) is 1.25. The summed E-state index contributed by atoms with van der Waals surface area (Å²) in [7, 11) is 0. The molecule has 0 saturated heterocycles. The van der Waals surface area contributed by atoms with Gasteiger partial charge in [-0.2, -0.15) is 0 Å². The smallest absolute Gasteiger partial charge is 0.136 e. The Balaban J connectivity index is 3.16. The fraction of sp³-hybridized carbons (Fsp3) is 0.857. The molecule has 0 bridgehead atoms. The minimum absolute atomic E-state index is 0.243. The van der Waals surface area contributed by atoms with E-state index in [1.807, 2.05) is 0 Å². The number of carbonyl (C=O) groups excluding carboxylic acids is 1. The van der Waals surface area contributed by atoms with E-state index in [2.05, 4.69) is 13.8 Å². The summed E-state index contributed by atoms with van der Waals surface area (Å²) in [5, 5.41) is 0. The molecule has 0 amide bonds. The number of nitrogens with two attached hydrogens (primary N) is 1. The average Bonchev–Trinajstić information content (AvgIpc) is 1.83.